The smallest absolute Gasteiger partial charge is 0.255 e. The first kappa shape index (κ1) is 18.5. The average Bonchev–Trinajstić information content (AvgIpc) is 2.59. The van der Waals surface area contributed by atoms with Crippen molar-refractivity contribution in [2.45, 2.75) is 19.9 Å². The van der Waals surface area contributed by atoms with Gasteiger partial charge < -0.3 is 20.3 Å². The number of nitrogens with zero attached hydrogens (tertiary/aromatic N) is 2. The maximum atomic E-state index is 12.4. The summed E-state index contributed by atoms with van der Waals surface area (Å²) in [5.41, 5.74) is 0.425. The van der Waals surface area contributed by atoms with Crippen molar-refractivity contribution in [3.63, 3.8) is 0 Å². The van der Waals surface area contributed by atoms with Crippen molar-refractivity contribution in [3.8, 4) is 0 Å². The van der Waals surface area contributed by atoms with Crippen LogP contribution in [-0.4, -0.2) is 61.1 Å². The van der Waals surface area contributed by atoms with Gasteiger partial charge in [-0.2, -0.15) is 0 Å². The van der Waals surface area contributed by atoms with E-state index in [1.807, 2.05) is 13.8 Å². The van der Waals surface area contributed by atoms with Gasteiger partial charge in [0.05, 0.1) is 23.8 Å². The number of carbonyl (C=O) groups is 2. The number of amides is 2. The summed E-state index contributed by atoms with van der Waals surface area (Å²) >= 11 is 6.26. The molecule has 1 aromatic rings. The number of hydrogen-bond acceptors (Lipinski definition) is 5. The second-order valence-electron chi connectivity index (χ2n) is 5.94. The SMILES string of the molecule is CNC(=O)C(Nc1ncc(C(=O)N2CCOCC2)cc1Cl)C(C)C. The van der Waals surface area contributed by atoms with E-state index < -0.39 is 6.04 Å². The van der Waals surface area contributed by atoms with Crippen LogP contribution < -0.4 is 10.6 Å². The van der Waals surface area contributed by atoms with E-state index in [2.05, 4.69) is 15.6 Å². The normalized spacial score (nSPS) is 16.0. The van der Waals surface area contributed by atoms with Crippen molar-refractivity contribution < 1.29 is 14.3 Å². The summed E-state index contributed by atoms with van der Waals surface area (Å²) in [6.07, 6.45) is 1.48. The van der Waals surface area contributed by atoms with Gasteiger partial charge in [0.25, 0.3) is 5.91 Å². The highest BCUT2D eigenvalue weighted by molar-refractivity contribution is 6.33. The Morgan fingerprint density at radius 2 is 2.00 bits per heavy atom. The predicted octanol–water partition coefficient (Wildman–Crippen LogP) is 1.39. The van der Waals surface area contributed by atoms with E-state index in [-0.39, 0.29) is 17.7 Å². The number of likely N-dealkylation sites (N-methyl/N-ethyl adjacent to an activating group) is 1. The van der Waals surface area contributed by atoms with Crippen molar-refractivity contribution in [2.24, 2.45) is 5.92 Å². The quantitative estimate of drug-likeness (QED) is 0.834. The molecule has 132 valence electrons. The Morgan fingerprint density at radius 3 is 2.54 bits per heavy atom. The second-order valence-corrected chi connectivity index (χ2v) is 6.35. The number of aromatic nitrogens is 1. The molecule has 0 radical (unpaired) electrons. The molecule has 8 heteroatoms. The van der Waals surface area contributed by atoms with Crippen molar-refractivity contribution in [1.29, 1.82) is 0 Å². The molecule has 2 rings (SSSR count). The fourth-order valence-electron chi connectivity index (χ4n) is 2.45. The van der Waals surface area contributed by atoms with Gasteiger partial charge in [-0.15, -0.1) is 0 Å². The summed E-state index contributed by atoms with van der Waals surface area (Å²) in [5.74, 6) is 0.178. The maximum Gasteiger partial charge on any atom is 0.255 e. The van der Waals surface area contributed by atoms with Crippen LogP contribution in [0.15, 0.2) is 12.3 Å². The fraction of sp³-hybridized carbons (Fsp3) is 0.562. The molecule has 2 heterocycles. The second kappa shape index (κ2) is 8.30. The molecule has 0 aliphatic carbocycles. The first-order chi connectivity index (χ1) is 11.4. The molecule has 1 aliphatic rings. The van der Waals surface area contributed by atoms with Crippen LogP contribution in [0.1, 0.15) is 24.2 Å². The summed E-state index contributed by atoms with van der Waals surface area (Å²) in [6.45, 7) is 6.04. The number of anilines is 1. The monoisotopic (exact) mass is 354 g/mol. The van der Waals surface area contributed by atoms with Gasteiger partial charge in [-0.25, -0.2) is 4.98 Å². The highest BCUT2D eigenvalue weighted by atomic mass is 35.5. The molecule has 24 heavy (non-hydrogen) atoms. The Balaban J connectivity index is 2.14. The van der Waals surface area contributed by atoms with Gasteiger partial charge in [-0.05, 0) is 12.0 Å². The minimum absolute atomic E-state index is 0.0532. The molecule has 7 nitrogen and oxygen atoms in total. The number of pyridine rings is 1. The van der Waals surface area contributed by atoms with E-state index in [0.29, 0.717) is 42.7 Å². The minimum Gasteiger partial charge on any atom is -0.378 e. The van der Waals surface area contributed by atoms with Crippen LogP contribution in [-0.2, 0) is 9.53 Å². The third-order valence-corrected chi connectivity index (χ3v) is 4.16. The van der Waals surface area contributed by atoms with E-state index >= 15 is 0 Å². The first-order valence-corrected chi connectivity index (χ1v) is 8.32. The molecule has 1 saturated heterocycles. The molecule has 1 aliphatic heterocycles. The lowest BCUT2D eigenvalue weighted by Crippen LogP contribution is -2.42. The van der Waals surface area contributed by atoms with Crippen LogP contribution in [0.4, 0.5) is 5.82 Å². The fourth-order valence-corrected chi connectivity index (χ4v) is 2.67. The number of rotatable bonds is 5. The maximum absolute atomic E-state index is 12.4. The number of hydrogen-bond donors (Lipinski definition) is 2. The molecule has 0 aromatic carbocycles. The van der Waals surface area contributed by atoms with E-state index in [9.17, 15) is 9.59 Å². The van der Waals surface area contributed by atoms with E-state index in [0.717, 1.165) is 0 Å². The van der Waals surface area contributed by atoms with Gasteiger partial charge in [0, 0.05) is 26.3 Å². The summed E-state index contributed by atoms with van der Waals surface area (Å²) in [6, 6.07) is 1.12. The predicted molar refractivity (Wildman–Crippen MR) is 92.3 cm³/mol. The van der Waals surface area contributed by atoms with Crippen LogP contribution in [0.2, 0.25) is 5.02 Å². The molecule has 2 amide bonds. The third kappa shape index (κ3) is 4.36. The molecule has 1 unspecified atom stereocenters. The number of halogens is 1. The molecule has 1 fully saturated rings. The number of nitrogens with one attached hydrogen (secondary N) is 2. The lowest BCUT2D eigenvalue weighted by Gasteiger charge is -2.27. The Bertz CT molecular complexity index is 603. The molecule has 0 bridgehead atoms. The van der Waals surface area contributed by atoms with Crippen molar-refractivity contribution >= 4 is 29.2 Å². The Kier molecular flexibility index (Phi) is 6.39. The van der Waals surface area contributed by atoms with Gasteiger partial charge in [0.15, 0.2) is 0 Å². The highest BCUT2D eigenvalue weighted by Crippen LogP contribution is 2.23. The lowest BCUT2D eigenvalue weighted by molar-refractivity contribution is -0.122. The number of morpholine rings is 1. The third-order valence-electron chi connectivity index (χ3n) is 3.87. The molecular formula is C16H23ClN4O3. The Morgan fingerprint density at radius 1 is 1.33 bits per heavy atom. The summed E-state index contributed by atoms with van der Waals surface area (Å²) < 4.78 is 5.24. The number of ether oxygens (including phenoxy) is 1. The summed E-state index contributed by atoms with van der Waals surface area (Å²) in [5, 5.41) is 5.97. The zero-order valence-corrected chi connectivity index (χ0v) is 14.9. The molecule has 0 saturated carbocycles. The van der Waals surface area contributed by atoms with Gasteiger partial charge >= 0.3 is 0 Å². The van der Waals surface area contributed by atoms with Crippen LogP contribution in [0.25, 0.3) is 0 Å². The van der Waals surface area contributed by atoms with Gasteiger partial charge in [0.1, 0.15) is 11.9 Å². The van der Waals surface area contributed by atoms with Crippen LogP contribution in [0.3, 0.4) is 0 Å². The Hall–Kier alpha value is -1.86. The minimum atomic E-state index is -0.458. The summed E-state index contributed by atoms with van der Waals surface area (Å²) in [7, 11) is 1.58. The molecule has 1 atom stereocenters. The van der Waals surface area contributed by atoms with Crippen LogP contribution in [0, 0.1) is 5.92 Å². The molecule has 1 aromatic heterocycles. The number of carbonyl (C=O) groups excluding carboxylic acids is 2. The molecule has 0 spiro atoms. The van der Waals surface area contributed by atoms with E-state index in [1.54, 1.807) is 18.0 Å². The van der Waals surface area contributed by atoms with Gasteiger partial charge in [-0.1, -0.05) is 25.4 Å². The van der Waals surface area contributed by atoms with E-state index in [1.165, 1.54) is 6.20 Å². The highest BCUT2D eigenvalue weighted by Gasteiger charge is 2.24. The summed E-state index contributed by atoms with van der Waals surface area (Å²) in [4.78, 5) is 30.3. The van der Waals surface area contributed by atoms with Crippen LogP contribution in [0.5, 0.6) is 0 Å². The van der Waals surface area contributed by atoms with Crippen molar-refractivity contribution in [3.05, 3.63) is 22.8 Å². The van der Waals surface area contributed by atoms with Crippen LogP contribution >= 0.6 is 11.6 Å². The van der Waals surface area contributed by atoms with Crippen molar-refractivity contribution in [1.82, 2.24) is 15.2 Å². The Labute approximate surface area is 146 Å². The first-order valence-electron chi connectivity index (χ1n) is 7.94. The molecular weight excluding hydrogens is 332 g/mol. The average molecular weight is 355 g/mol. The van der Waals surface area contributed by atoms with Gasteiger partial charge in [-0.3, -0.25) is 9.59 Å². The zero-order valence-electron chi connectivity index (χ0n) is 14.1. The topological polar surface area (TPSA) is 83.6 Å². The van der Waals surface area contributed by atoms with E-state index in [4.69, 9.17) is 16.3 Å². The largest absolute Gasteiger partial charge is 0.378 e. The lowest BCUT2D eigenvalue weighted by atomic mass is 10.0. The standard InChI is InChI=1S/C16H23ClN4O3/c1-10(2)13(15(22)18-3)20-14-12(17)8-11(9-19-14)16(23)21-4-6-24-7-5-21/h8-10,13H,4-7H2,1-3H3,(H,18,22)(H,19,20). The molecule has 2 N–H and O–H groups in total. The zero-order chi connectivity index (χ0) is 17.7. The van der Waals surface area contributed by atoms with Gasteiger partial charge in [0.2, 0.25) is 5.91 Å². The van der Waals surface area contributed by atoms with Crippen molar-refractivity contribution in [2.75, 3.05) is 38.7 Å².